The van der Waals surface area contributed by atoms with Gasteiger partial charge in [-0.25, -0.2) is 22.5 Å². The van der Waals surface area contributed by atoms with Gasteiger partial charge in [-0.1, -0.05) is 6.92 Å². The Bertz CT molecular complexity index is 1520. The molecule has 0 saturated carbocycles. The van der Waals surface area contributed by atoms with Crippen LogP contribution in [-0.4, -0.2) is 46.4 Å². The van der Waals surface area contributed by atoms with Crippen molar-refractivity contribution in [1.29, 1.82) is 0 Å². The first-order valence-corrected chi connectivity index (χ1v) is 13.3. The first-order valence-electron chi connectivity index (χ1n) is 11.4. The number of nitrogens with zero attached hydrogens (tertiary/aromatic N) is 4. The summed E-state index contributed by atoms with van der Waals surface area (Å²) in [6.07, 6.45) is 6.22. The van der Waals surface area contributed by atoms with Gasteiger partial charge in [-0.3, -0.25) is 9.78 Å². The second-order valence-electron chi connectivity index (χ2n) is 8.78. The molecule has 0 aliphatic carbocycles. The van der Waals surface area contributed by atoms with Gasteiger partial charge >= 0.3 is 0 Å². The average molecular weight is 511 g/mol. The van der Waals surface area contributed by atoms with E-state index in [0.29, 0.717) is 40.0 Å². The average Bonchev–Trinajstić information content (AvgIpc) is 3.26. The number of nitrogens with one attached hydrogen (secondary N) is 2. The van der Waals surface area contributed by atoms with Crippen molar-refractivity contribution in [2.75, 3.05) is 11.6 Å². The number of carbonyl (C=O) groups is 1. The summed E-state index contributed by atoms with van der Waals surface area (Å²) in [5, 5.41) is 11.0. The molecular formula is C25H27FN6O3S. The highest BCUT2D eigenvalue weighted by molar-refractivity contribution is 7.90. The van der Waals surface area contributed by atoms with Gasteiger partial charge in [-0.2, -0.15) is 5.10 Å². The number of sulfone groups is 1. The summed E-state index contributed by atoms with van der Waals surface area (Å²) in [5.41, 5.74) is 2.16. The van der Waals surface area contributed by atoms with Gasteiger partial charge in [0, 0.05) is 23.9 Å². The van der Waals surface area contributed by atoms with Crippen LogP contribution in [0.1, 0.15) is 49.2 Å². The Morgan fingerprint density at radius 1 is 1.11 bits per heavy atom. The molecule has 11 heteroatoms. The Kier molecular flexibility index (Phi) is 7.02. The van der Waals surface area contributed by atoms with Crippen molar-refractivity contribution in [3.63, 3.8) is 0 Å². The number of benzene rings is 1. The summed E-state index contributed by atoms with van der Waals surface area (Å²) in [4.78, 5) is 21.8. The molecule has 0 aliphatic rings. The molecular weight excluding hydrogens is 483 g/mol. The molecule has 0 fully saturated rings. The molecule has 4 aromatic rings. The highest BCUT2D eigenvalue weighted by Crippen LogP contribution is 2.25. The zero-order valence-electron chi connectivity index (χ0n) is 20.4. The van der Waals surface area contributed by atoms with Crippen LogP contribution in [0.25, 0.3) is 16.6 Å². The molecule has 3 aromatic heterocycles. The molecule has 2 N–H and O–H groups in total. The van der Waals surface area contributed by atoms with Crippen LogP contribution >= 0.6 is 0 Å². The molecule has 0 bridgehead atoms. The lowest BCUT2D eigenvalue weighted by atomic mass is 10.0. The number of fused-ring (bicyclic) bond motifs is 1. The van der Waals surface area contributed by atoms with Crippen LogP contribution in [0.5, 0.6) is 0 Å². The van der Waals surface area contributed by atoms with Crippen molar-refractivity contribution >= 4 is 32.5 Å². The lowest BCUT2D eigenvalue weighted by Gasteiger charge is -2.20. The second-order valence-corrected chi connectivity index (χ2v) is 10.7. The van der Waals surface area contributed by atoms with Gasteiger partial charge in [0.2, 0.25) is 0 Å². The smallest absolute Gasteiger partial charge is 0.254 e. The van der Waals surface area contributed by atoms with Crippen LogP contribution in [0, 0.1) is 5.82 Å². The lowest BCUT2D eigenvalue weighted by Crippen LogP contribution is -2.29. The number of carbonyl (C=O) groups excluding carboxylic acids is 1. The Hall–Kier alpha value is -3.86. The summed E-state index contributed by atoms with van der Waals surface area (Å²) in [6.45, 7) is 5.74. The maximum absolute atomic E-state index is 13.3. The third-order valence-electron chi connectivity index (χ3n) is 5.57. The zero-order valence-corrected chi connectivity index (χ0v) is 21.2. The number of hydrogen-bond donors (Lipinski definition) is 2. The fourth-order valence-electron chi connectivity index (χ4n) is 3.85. The van der Waals surface area contributed by atoms with Crippen molar-refractivity contribution in [3.05, 3.63) is 71.9 Å². The second kappa shape index (κ2) is 10.0. The molecule has 0 aliphatic heterocycles. The van der Waals surface area contributed by atoms with Gasteiger partial charge in [0.25, 0.3) is 5.91 Å². The van der Waals surface area contributed by atoms with Gasteiger partial charge in [0.15, 0.2) is 14.9 Å². The number of anilines is 1. The highest BCUT2D eigenvalue weighted by Gasteiger charge is 2.21. The van der Waals surface area contributed by atoms with Gasteiger partial charge in [-0.15, -0.1) is 0 Å². The predicted molar refractivity (Wildman–Crippen MR) is 135 cm³/mol. The van der Waals surface area contributed by atoms with Gasteiger partial charge in [0.1, 0.15) is 11.6 Å². The van der Waals surface area contributed by atoms with Crippen molar-refractivity contribution < 1.29 is 17.6 Å². The van der Waals surface area contributed by atoms with Crippen LogP contribution in [0.15, 0.2) is 60.0 Å². The predicted octanol–water partition coefficient (Wildman–Crippen LogP) is 4.06. The third kappa shape index (κ3) is 5.35. The monoisotopic (exact) mass is 510 g/mol. The molecule has 0 unspecified atom stereocenters. The highest BCUT2D eigenvalue weighted by atomic mass is 32.2. The third-order valence-corrected chi connectivity index (χ3v) is 6.54. The fraction of sp³-hybridized carbons (Fsp3) is 0.280. The molecule has 1 atom stereocenters. The quantitative estimate of drug-likeness (QED) is 0.367. The number of pyridine rings is 2. The van der Waals surface area contributed by atoms with Crippen molar-refractivity contribution in [3.8, 4) is 5.69 Å². The van der Waals surface area contributed by atoms with E-state index in [2.05, 4.69) is 25.7 Å². The molecule has 36 heavy (non-hydrogen) atoms. The number of aromatic nitrogens is 4. The van der Waals surface area contributed by atoms with Gasteiger partial charge in [-0.05, 0) is 62.2 Å². The number of halogens is 1. The maximum Gasteiger partial charge on any atom is 0.254 e. The number of hydrogen-bond acceptors (Lipinski definition) is 7. The fourth-order valence-corrected chi connectivity index (χ4v) is 4.47. The van der Waals surface area contributed by atoms with E-state index in [4.69, 9.17) is 0 Å². The first-order chi connectivity index (χ1) is 17.1. The topological polar surface area (TPSA) is 119 Å². The van der Waals surface area contributed by atoms with E-state index in [-0.39, 0.29) is 22.8 Å². The molecule has 9 nitrogen and oxygen atoms in total. The van der Waals surface area contributed by atoms with Crippen LogP contribution in [0.4, 0.5) is 10.2 Å². The van der Waals surface area contributed by atoms with E-state index in [1.807, 2.05) is 20.8 Å². The van der Waals surface area contributed by atoms with Crippen molar-refractivity contribution in [1.82, 2.24) is 25.1 Å². The summed E-state index contributed by atoms with van der Waals surface area (Å²) in [5.74, 6) is -0.324. The van der Waals surface area contributed by atoms with E-state index in [9.17, 15) is 17.6 Å². The minimum absolute atomic E-state index is 0.0381. The molecule has 4 rings (SSSR count). The minimum Gasteiger partial charge on any atom is -0.368 e. The Balaban J connectivity index is 1.68. The van der Waals surface area contributed by atoms with E-state index < -0.39 is 15.9 Å². The van der Waals surface area contributed by atoms with Crippen LogP contribution in [0.2, 0.25) is 0 Å². The number of amides is 1. The largest absolute Gasteiger partial charge is 0.368 e. The summed E-state index contributed by atoms with van der Waals surface area (Å²) in [7, 11) is -3.57. The standard InChI is InChI=1S/C25H27FN6O3S/c1-5-21(16-10-23(29-15(2)3)31-24(11-16)36(4,34)35)30-25(33)20-12-27-14-22-19(20)13-28-32(22)18-8-6-17(26)7-9-18/h6-15,21H,5H2,1-4H3,(H,29,31)(H,30,33)/t21-/m0/s1. The van der Waals surface area contributed by atoms with E-state index >= 15 is 0 Å². The van der Waals surface area contributed by atoms with Crippen LogP contribution < -0.4 is 10.6 Å². The maximum atomic E-state index is 13.3. The van der Waals surface area contributed by atoms with Gasteiger partial charge < -0.3 is 10.6 Å². The summed E-state index contributed by atoms with van der Waals surface area (Å²) >= 11 is 0. The van der Waals surface area contributed by atoms with Crippen LogP contribution in [0.3, 0.4) is 0 Å². The summed E-state index contributed by atoms with van der Waals surface area (Å²) in [6, 6.07) is 8.64. The van der Waals surface area contributed by atoms with E-state index in [1.165, 1.54) is 24.4 Å². The molecule has 3 heterocycles. The Morgan fingerprint density at radius 2 is 1.83 bits per heavy atom. The Morgan fingerprint density at radius 3 is 2.47 bits per heavy atom. The first kappa shape index (κ1) is 25.2. The van der Waals surface area contributed by atoms with Crippen molar-refractivity contribution in [2.45, 2.75) is 44.3 Å². The SMILES string of the molecule is CC[C@H](NC(=O)c1cncc2c1cnn2-c1ccc(F)cc1)c1cc(NC(C)C)nc(S(C)(=O)=O)c1. The summed E-state index contributed by atoms with van der Waals surface area (Å²) < 4.78 is 39.4. The van der Waals surface area contributed by atoms with E-state index in [0.717, 1.165) is 6.26 Å². The number of rotatable bonds is 8. The van der Waals surface area contributed by atoms with Crippen molar-refractivity contribution in [2.24, 2.45) is 0 Å². The molecule has 1 aromatic carbocycles. The van der Waals surface area contributed by atoms with E-state index in [1.54, 1.807) is 35.3 Å². The molecule has 0 radical (unpaired) electrons. The molecule has 1 amide bonds. The van der Waals surface area contributed by atoms with Gasteiger partial charge in [0.05, 0.1) is 35.2 Å². The zero-order chi connectivity index (χ0) is 26.0. The Labute approximate surface area is 208 Å². The minimum atomic E-state index is -3.57. The molecule has 0 spiro atoms. The molecule has 0 saturated heterocycles. The van der Waals surface area contributed by atoms with Crippen LogP contribution in [-0.2, 0) is 9.84 Å². The lowest BCUT2D eigenvalue weighted by molar-refractivity contribution is 0.0937. The normalized spacial score (nSPS) is 12.6. The molecule has 188 valence electrons.